The lowest BCUT2D eigenvalue weighted by molar-refractivity contribution is -0.120. The summed E-state index contributed by atoms with van der Waals surface area (Å²) in [6.07, 6.45) is -1.04. The molecule has 0 aromatic heterocycles. The molecule has 1 aliphatic heterocycles. The molecular weight excluding hydrogens is 208 g/mol. The molecule has 5 heteroatoms. The summed E-state index contributed by atoms with van der Waals surface area (Å²) in [5, 5.41) is 8.77. The van der Waals surface area contributed by atoms with Gasteiger partial charge in [0, 0.05) is 18.8 Å². The summed E-state index contributed by atoms with van der Waals surface area (Å²) in [6, 6.07) is 9.27. The number of nitrogens with zero attached hydrogens (tertiary/aromatic N) is 2. The lowest BCUT2D eigenvalue weighted by Gasteiger charge is -2.32. The van der Waals surface area contributed by atoms with Crippen LogP contribution < -0.4 is 4.90 Å². The van der Waals surface area contributed by atoms with Gasteiger partial charge in [-0.3, -0.25) is 9.69 Å². The predicted octanol–water partition coefficient (Wildman–Crippen LogP) is 1.01. The molecule has 0 saturated carbocycles. The molecule has 1 heterocycles. The Morgan fingerprint density at radius 2 is 1.88 bits per heavy atom. The van der Waals surface area contributed by atoms with Crippen LogP contribution in [0.4, 0.5) is 10.5 Å². The van der Waals surface area contributed by atoms with Crippen molar-refractivity contribution in [1.82, 2.24) is 4.90 Å². The predicted molar refractivity (Wildman–Crippen MR) is 58.4 cm³/mol. The minimum absolute atomic E-state index is 0.0653. The highest BCUT2D eigenvalue weighted by Crippen LogP contribution is 2.16. The first-order valence-electron chi connectivity index (χ1n) is 5.02. The number of hydrogen-bond acceptors (Lipinski definition) is 2. The first-order valence-corrected chi connectivity index (χ1v) is 5.02. The van der Waals surface area contributed by atoms with Gasteiger partial charge in [0.15, 0.2) is 0 Å². The summed E-state index contributed by atoms with van der Waals surface area (Å²) in [5.41, 5.74) is 0.817. The third-order valence-electron chi connectivity index (χ3n) is 2.56. The third kappa shape index (κ3) is 1.98. The zero-order valence-electron chi connectivity index (χ0n) is 8.67. The molecule has 16 heavy (non-hydrogen) atoms. The quantitative estimate of drug-likeness (QED) is 0.768. The molecule has 1 aromatic carbocycles. The van der Waals surface area contributed by atoms with E-state index in [0.29, 0.717) is 13.1 Å². The number of para-hydroxylation sites is 1. The van der Waals surface area contributed by atoms with Crippen LogP contribution in [0.3, 0.4) is 0 Å². The second-order valence-electron chi connectivity index (χ2n) is 3.59. The van der Waals surface area contributed by atoms with Gasteiger partial charge < -0.3 is 10.0 Å². The van der Waals surface area contributed by atoms with Gasteiger partial charge >= 0.3 is 6.09 Å². The van der Waals surface area contributed by atoms with Crippen molar-refractivity contribution in [2.45, 2.75) is 0 Å². The monoisotopic (exact) mass is 220 g/mol. The molecule has 2 rings (SSSR count). The van der Waals surface area contributed by atoms with Gasteiger partial charge in [-0.1, -0.05) is 18.2 Å². The Labute approximate surface area is 92.9 Å². The molecule has 5 nitrogen and oxygen atoms in total. The van der Waals surface area contributed by atoms with E-state index >= 15 is 0 Å². The largest absolute Gasteiger partial charge is 0.465 e. The zero-order valence-corrected chi connectivity index (χ0v) is 8.67. The third-order valence-corrected chi connectivity index (χ3v) is 2.56. The number of anilines is 1. The molecule has 1 aliphatic rings. The fourth-order valence-electron chi connectivity index (χ4n) is 1.72. The van der Waals surface area contributed by atoms with Crippen molar-refractivity contribution in [3.8, 4) is 0 Å². The molecular formula is C11H12N2O3. The van der Waals surface area contributed by atoms with Crippen LogP contribution >= 0.6 is 0 Å². The average Bonchev–Trinajstić information content (AvgIpc) is 2.30. The van der Waals surface area contributed by atoms with Crippen molar-refractivity contribution in [3.63, 3.8) is 0 Å². The zero-order chi connectivity index (χ0) is 11.5. The topological polar surface area (TPSA) is 60.9 Å². The van der Waals surface area contributed by atoms with E-state index in [-0.39, 0.29) is 12.5 Å². The van der Waals surface area contributed by atoms with E-state index in [1.54, 1.807) is 4.90 Å². The summed E-state index contributed by atoms with van der Waals surface area (Å²) in [7, 11) is 0. The van der Waals surface area contributed by atoms with Gasteiger partial charge in [0.05, 0.1) is 0 Å². The Bertz CT molecular complexity index is 405. The maximum Gasteiger partial charge on any atom is 0.407 e. The molecule has 1 N–H and O–H groups in total. The second kappa shape index (κ2) is 4.22. The van der Waals surface area contributed by atoms with E-state index < -0.39 is 6.09 Å². The molecule has 0 bridgehead atoms. The van der Waals surface area contributed by atoms with Gasteiger partial charge in [-0.15, -0.1) is 0 Å². The van der Waals surface area contributed by atoms with Crippen LogP contribution in [0.1, 0.15) is 0 Å². The van der Waals surface area contributed by atoms with Gasteiger partial charge in [-0.05, 0) is 12.1 Å². The van der Waals surface area contributed by atoms with Crippen molar-refractivity contribution in [3.05, 3.63) is 30.3 Å². The van der Waals surface area contributed by atoms with Crippen LogP contribution in [0.15, 0.2) is 30.3 Å². The summed E-state index contributed by atoms with van der Waals surface area (Å²) in [6.45, 7) is 0.704. The van der Waals surface area contributed by atoms with Gasteiger partial charge in [-0.25, -0.2) is 4.79 Å². The van der Waals surface area contributed by atoms with Crippen molar-refractivity contribution < 1.29 is 14.7 Å². The Hall–Kier alpha value is -2.04. The molecule has 0 spiro atoms. The number of carbonyl (C=O) groups excluding carboxylic acids is 1. The molecule has 1 fully saturated rings. The van der Waals surface area contributed by atoms with Crippen LogP contribution in [-0.4, -0.2) is 41.6 Å². The lowest BCUT2D eigenvalue weighted by Crippen LogP contribution is -2.52. The molecule has 1 aromatic rings. The van der Waals surface area contributed by atoms with Crippen molar-refractivity contribution in [2.75, 3.05) is 24.5 Å². The normalized spacial score (nSPS) is 16.4. The first kappa shape index (κ1) is 10.5. The maximum absolute atomic E-state index is 11.7. The number of amides is 2. The van der Waals surface area contributed by atoms with E-state index in [2.05, 4.69) is 0 Å². The number of hydrogen-bond donors (Lipinski definition) is 1. The van der Waals surface area contributed by atoms with Crippen LogP contribution in [-0.2, 0) is 4.79 Å². The van der Waals surface area contributed by atoms with E-state index in [1.807, 2.05) is 30.3 Å². The lowest BCUT2D eigenvalue weighted by atomic mass is 10.2. The SMILES string of the molecule is O=C(O)N1CCN(c2ccccc2)C(=O)C1. The number of rotatable bonds is 1. The number of benzene rings is 1. The van der Waals surface area contributed by atoms with Gasteiger partial charge in [0.1, 0.15) is 6.54 Å². The molecule has 84 valence electrons. The fraction of sp³-hybridized carbons (Fsp3) is 0.273. The molecule has 0 atom stereocenters. The second-order valence-corrected chi connectivity index (χ2v) is 3.59. The summed E-state index contributed by atoms with van der Waals surface area (Å²) in [5.74, 6) is -0.181. The highest BCUT2D eigenvalue weighted by atomic mass is 16.4. The minimum Gasteiger partial charge on any atom is -0.465 e. The van der Waals surface area contributed by atoms with E-state index in [9.17, 15) is 9.59 Å². The molecule has 0 unspecified atom stereocenters. The molecule has 0 radical (unpaired) electrons. The van der Waals surface area contributed by atoms with Gasteiger partial charge in [0.25, 0.3) is 0 Å². The Morgan fingerprint density at radius 3 is 2.44 bits per heavy atom. The van der Waals surface area contributed by atoms with Crippen LogP contribution in [0, 0.1) is 0 Å². The fourth-order valence-corrected chi connectivity index (χ4v) is 1.72. The van der Waals surface area contributed by atoms with E-state index in [1.165, 1.54) is 0 Å². The van der Waals surface area contributed by atoms with E-state index in [0.717, 1.165) is 10.6 Å². The highest BCUT2D eigenvalue weighted by Gasteiger charge is 2.27. The summed E-state index contributed by atoms with van der Waals surface area (Å²) >= 11 is 0. The van der Waals surface area contributed by atoms with Crippen molar-refractivity contribution in [1.29, 1.82) is 0 Å². The first-order chi connectivity index (χ1) is 7.68. The number of carboxylic acid groups (broad SMARTS) is 1. The maximum atomic E-state index is 11.7. The molecule has 1 saturated heterocycles. The van der Waals surface area contributed by atoms with Crippen LogP contribution in [0.25, 0.3) is 0 Å². The number of carbonyl (C=O) groups is 2. The average molecular weight is 220 g/mol. The van der Waals surface area contributed by atoms with Crippen LogP contribution in [0.2, 0.25) is 0 Å². The minimum atomic E-state index is -1.04. The molecule has 0 aliphatic carbocycles. The summed E-state index contributed by atoms with van der Waals surface area (Å²) in [4.78, 5) is 25.2. The Balaban J connectivity index is 2.11. The Kier molecular flexibility index (Phi) is 2.76. The molecule has 2 amide bonds. The van der Waals surface area contributed by atoms with E-state index in [4.69, 9.17) is 5.11 Å². The smallest absolute Gasteiger partial charge is 0.407 e. The van der Waals surface area contributed by atoms with Crippen molar-refractivity contribution >= 4 is 17.7 Å². The van der Waals surface area contributed by atoms with Crippen molar-refractivity contribution in [2.24, 2.45) is 0 Å². The van der Waals surface area contributed by atoms with Crippen LogP contribution in [0.5, 0.6) is 0 Å². The summed E-state index contributed by atoms with van der Waals surface area (Å²) < 4.78 is 0. The Morgan fingerprint density at radius 1 is 1.19 bits per heavy atom. The standard InChI is InChI=1S/C11H12N2O3/c14-10-8-12(11(15)16)6-7-13(10)9-4-2-1-3-5-9/h1-5H,6-8H2,(H,15,16). The number of piperazine rings is 1. The van der Waals surface area contributed by atoms with Gasteiger partial charge in [0.2, 0.25) is 5.91 Å². The van der Waals surface area contributed by atoms with Gasteiger partial charge in [-0.2, -0.15) is 0 Å². The highest BCUT2D eigenvalue weighted by molar-refractivity contribution is 5.97.